The molecule has 11 heteroatoms. The lowest BCUT2D eigenvalue weighted by Crippen LogP contribution is -2.46. The molecule has 3 rings (SSSR count). The number of imidazole rings is 1. The molecule has 2 aromatic rings. The zero-order valence-corrected chi connectivity index (χ0v) is 13.2. The van der Waals surface area contributed by atoms with E-state index in [4.69, 9.17) is 22.1 Å². The average Bonchev–Trinajstić information content (AvgIpc) is 3.08. The van der Waals surface area contributed by atoms with Crippen molar-refractivity contribution in [1.82, 2.24) is 24.8 Å². The molecule has 0 bridgehead atoms. The van der Waals surface area contributed by atoms with E-state index in [1.165, 1.54) is 17.9 Å². The second-order valence-electron chi connectivity index (χ2n) is 5.04. The van der Waals surface area contributed by atoms with Crippen molar-refractivity contribution in [1.29, 1.82) is 0 Å². The number of amides is 1. The topological polar surface area (TPSA) is 140 Å². The smallest absolute Gasteiger partial charge is 0.250 e. The third kappa shape index (κ3) is 2.49. The molecular formula is C12H16ClN7O3. The Morgan fingerprint density at radius 3 is 2.87 bits per heavy atom. The maximum atomic E-state index is 11.8. The number of carbonyl (C=O) groups excluding carboxylic acids is 1. The maximum absolute atomic E-state index is 11.8. The van der Waals surface area contributed by atoms with Gasteiger partial charge in [0.05, 0.1) is 12.4 Å². The summed E-state index contributed by atoms with van der Waals surface area (Å²) in [5.41, 5.74) is 6.71. The Bertz CT molecular complexity index is 752. The average molecular weight is 342 g/mol. The molecule has 1 saturated heterocycles. The van der Waals surface area contributed by atoms with Crippen molar-refractivity contribution in [3.05, 3.63) is 11.6 Å². The van der Waals surface area contributed by atoms with E-state index in [9.17, 15) is 9.90 Å². The number of hydrogen-bond donors (Lipinski definition) is 4. The molecule has 4 atom stereocenters. The quantitative estimate of drug-likeness (QED) is 0.513. The molecule has 1 fully saturated rings. The third-order valence-corrected chi connectivity index (χ3v) is 3.90. The van der Waals surface area contributed by atoms with Crippen LogP contribution in [-0.2, 0) is 9.53 Å². The van der Waals surface area contributed by atoms with E-state index in [0.29, 0.717) is 17.0 Å². The van der Waals surface area contributed by atoms with E-state index < -0.39 is 30.4 Å². The number of nitrogens with two attached hydrogens (primary N) is 1. The second-order valence-corrected chi connectivity index (χ2v) is 5.38. The van der Waals surface area contributed by atoms with Gasteiger partial charge in [-0.15, -0.1) is 0 Å². The fraction of sp³-hybridized carbons (Fsp3) is 0.500. The van der Waals surface area contributed by atoms with Crippen LogP contribution in [0.5, 0.6) is 0 Å². The van der Waals surface area contributed by atoms with Crippen LogP contribution in [0.2, 0.25) is 5.28 Å². The van der Waals surface area contributed by atoms with E-state index in [2.05, 4.69) is 25.6 Å². The lowest BCUT2D eigenvalue weighted by atomic mass is 10.1. The number of ether oxygens (including phenoxy) is 1. The van der Waals surface area contributed by atoms with E-state index >= 15 is 0 Å². The molecule has 1 aliphatic rings. The van der Waals surface area contributed by atoms with Crippen LogP contribution in [-0.4, -0.2) is 62.9 Å². The number of aliphatic hydroxyl groups is 1. The predicted octanol–water partition coefficient (Wildman–Crippen LogP) is -1.15. The summed E-state index contributed by atoms with van der Waals surface area (Å²) in [7, 11) is 3.15. The Kier molecular flexibility index (Phi) is 4.06. The Labute approximate surface area is 136 Å². The number of rotatable bonds is 3. The normalized spacial score (nSPS) is 27.3. The zero-order chi connectivity index (χ0) is 16.7. The maximum Gasteiger partial charge on any atom is 0.250 e. The monoisotopic (exact) mass is 341 g/mol. The summed E-state index contributed by atoms with van der Waals surface area (Å²) in [6.07, 6.45) is -1.56. The molecule has 0 aliphatic carbocycles. The molecule has 10 nitrogen and oxygen atoms in total. The predicted molar refractivity (Wildman–Crippen MR) is 81.8 cm³/mol. The molecule has 23 heavy (non-hydrogen) atoms. The molecule has 0 spiro atoms. The van der Waals surface area contributed by atoms with Gasteiger partial charge in [0, 0.05) is 14.1 Å². The highest BCUT2D eigenvalue weighted by molar-refractivity contribution is 6.28. The summed E-state index contributed by atoms with van der Waals surface area (Å²) in [4.78, 5) is 24.1. The minimum atomic E-state index is -1.11. The third-order valence-electron chi connectivity index (χ3n) is 3.73. The Morgan fingerprint density at radius 1 is 1.48 bits per heavy atom. The fourth-order valence-corrected chi connectivity index (χ4v) is 2.71. The highest BCUT2D eigenvalue weighted by Gasteiger charge is 2.46. The minimum absolute atomic E-state index is 0.0169. The molecule has 2 aromatic heterocycles. The summed E-state index contributed by atoms with van der Waals surface area (Å²) in [5, 5.41) is 15.7. The van der Waals surface area contributed by atoms with E-state index in [-0.39, 0.29) is 5.28 Å². The lowest BCUT2D eigenvalue weighted by molar-refractivity contribution is -0.134. The van der Waals surface area contributed by atoms with Crippen molar-refractivity contribution < 1.29 is 14.6 Å². The number of anilines is 1. The zero-order valence-electron chi connectivity index (χ0n) is 12.4. The lowest BCUT2D eigenvalue weighted by Gasteiger charge is -2.16. The molecule has 1 aliphatic heterocycles. The van der Waals surface area contributed by atoms with Gasteiger partial charge in [-0.3, -0.25) is 9.36 Å². The summed E-state index contributed by atoms with van der Waals surface area (Å²) in [6.45, 7) is 0. The molecular weight excluding hydrogens is 326 g/mol. The van der Waals surface area contributed by atoms with Gasteiger partial charge in [-0.2, -0.15) is 9.97 Å². The van der Waals surface area contributed by atoms with Crippen molar-refractivity contribution in [3.8, 4) is 0 Å². The first kappa shape index (κ1) is 15.9. The molecule has 3 heterocycles. The number of carbonyl (C=O) groups is 1. The molecule has 1 amide bonds. The number of aromatic nitrogens is 4. The molecule has 5 N–H and O–H groups in total. The van der Waals surface area contributed by atoms with Gasteiger partial charge in [-0.05, 0) is 11.6 Å². The fourth-order valence-electron chi connectivity index (χ4n) is 2.55. The molecule has 0 aromatic carbocycles. The second kappa shape index (κ2) is 5.89. The Balaban J connectivity index is 2.04. The first-order chi connectivity index (χ1) is 11.0. The van der Waals surface area contributed by atoms with Crippen molar-refractivity contribution >= 4 is 34.5 Å². The first-order valence-electron chi connectivity index (χ1n) is 6.86. The Morgan fingerprint density at radius 2 is 2.22 bits per heavy atom. The SMILES string of the molecule is CNC(=O)[C@H]1O[C@@H](n2cnc3c(NC)nc(Cl)nc32)[C@H](O)[C@@H]1N. The summed E-state index contributed by atoms with van der Waals surface area (Å²) in [5.74, 6) is 0.0328. The number of nitrogens with zero attached hydrogens (tertiary/aromatic N) is 4. The van der Waals surface area contributed by atoms with Crippen LogP contribution in [0.15, 0.2) is 6.33 Å². The van der Waals surface area contributed by atoms with E-state index in [0.717, 1.165) is 0 Å². The van der Waals surface area contributed by atoms with Crippen LogP contribution in [0.4, 0.5) is 5.82 Å². The highest BCUT2D eigenvalue weighted by atomic mass is 35.5. The van der Waals surface area contributed by atoms with Crippen LogP contribution in [0.1, 0.15) is 6.23 Å². The van der Waals surface area contributed by atoms with Crippen molar-refractivity contribution in [3.63, 3.8) is 0 Å². The molecule has 0 unspecified atom stereocenters. The number of aliphatic hydroxyl groups excluding tert-OH is 1. The molecule has 0 saturated carbocycles. The van der Waals surface area contributed by atoms with Gasteiger partial charge >= 0.3 is 0 Å². The van der Waals surface area contributed by atoms with Gasteiger partial charge in [0.15, 0.2) is 29.3 Å². The van der Waals surface area contributed by atoms with Crippen LogP contribution >= 0.6 is 11.6 Å². The first-order valence-corrected chi connectivity index (χ1v) is 7.24. The van der Waals surface area contributed by atoms with Gasteiger partial charge in [-0.1, -0.05) is 0 Å². The molecule has 0 radical (unpaired) electrons. The number of halogens is 1. The van der Waals surface area contributed by atoms with Crippen molar-refractivity contribution in [2.45, 2.75) is 24.5 Å². The largest absolute Gasteiger partial charge is 0.387 e. The van der Waals surface area contributed by atoms with E-state index in [1.807, 2.05) is 0 Å². The van der Waals surface area contributed by atoms with Crippen molar-refractivity contribution in [2.75, 3.05) is 19.4 Å². The number of nitrogens with one attached hydrogen (secondary N) is 2. The number of hydrogen-bond acceptors (Lipinski definition) is 8. The van der Waals surface area contributed by atoms with Crippen LogP contribution in [0.25, 0.3) is 11.2 Å². The standard InChI is InChI=1S/C12H16ClN7O3/c1-15-8-5-9(19-12(13)18-8)20(3-17-5)11-6(21)4(14)7(23-11)10(22)16-2/h3-4,6-7,11,21H,14H2,1-2H3,(H,16,22)(H,15,18,19)/t4-,6+,7-,11+/m0/s1. The summed E-state index contributed by atoms with van der Waals surface area (Å²) < 4.78 is 7.10. The van der Waals surface area contributed by atoms with Gasteiger partial charge in [0.1, 0.15) is 6.10 Å². The number of fused-ring (bicyclic) bond motifs is 1. The van der Waals surface area contributed by atoms with Crippen LogP contribution < -0.4 is 16.4 Å². The minimum Gasteiger partial charge on any atom is -0.387 e. The van der Waals surface area contributed by atoms with Crippen LogP contribution in [0.3, 0.4) is 0 Å². The van der Waals surface area contributed by atoms with Gasteiger partial charge in [0.25, 0.3) is 5.91 Å². The van der Waals surface area contributed by atoms with Gasteiger partial charge in [-0.25, -0.2) is 4.98 Å². The van der Waals surface area contributed by atoms with Gasteiger partial charge < -0.3 is 26.2 Å². The summed E-state index contributed by atoms with van der Waals surface area (Å²) in [6, 6.07) is -0.876. The molecule has 124 valence electrons. The summed E-state index contributed by atoms with van der Waals surface area (Å²) >= 11 is 5.91. The highest BCUT2D eigenvalue weighted by Crippen LogP contribution is 2.32. The van der Waals surface area contributed by atoms with Crippen molar-refractivity contribution in [2.24, 2.45) is 5.73 Å². The van der Waals surface area contributed by atoms with Crippen LogP contribution in [0, 0.1) is 0 Å². The Hall–Kier alpha value is -2.01. The van der Waals surface area contributed by atoms with Gasteiger partial charge in [0.2, 0.25) is 5.28 Å². The number of likely N-dealkylation sites (N-methyl/N-ethyl adjacent to an activating group) is 1. The van der Waals surface area contributed by atoms with E-state index in [1.54, 1.807) is 7.05 Å².